The van der Waals surface area contributed by atoms with Gasteiger partial charge in [0.1, 0.15) is 11.6 Å². The van der Waals surface area contributed by atoms with Crippen LogP contribution in [0.15, 0.2) is 47.1 Å². The summed E-state index contributed by atoms with van der Waals surface area (Å²) in [6.07, 6.45) is 2.24. The van der Waals surface area contributed by atoms with Gasteiger partial charge in [0.05, 0.1) is 7.11 Å². The number of amides is 1. The Labute approximate surface area is 145 Å². The molecular weight excluding hydrogens is 320 g/mol. The van der Waals surface area contributed by atoms with E-state index in [1.54, 1.807) is 13.3 Å². The van der Waals surface area contributed by atoms with Crippen LogP contribution in [0.2, 0.25) is 0 Å². The maximum absolute atomic E-state index is 12.0. The number of ether oxygens (including phenoxy) is 1. The monoisotopic (exact) mass is 338 g/mol. The van der Waals surface area contributed by atoms with Crippen LogP contribution in [0.25, 0.3) is 11.4 Å². The fourth-order valence-corrected chi connectivity index (χ4v) is 2.25. The third-order valence-corrected chi connectivity index (χ3v) is 3.65. The molecule has 7 heteroatoms. The van der Waals surface area contributed by atoms with Gasteiger partial charge in [-0.1, -0.05) is 11.2 Å². The molecule has 0 aliphatic heterocycles. The van der Waals surface area contributed by atoms with Crippen molar-refractivity contribution in [2.75, 3.05) is 12.4 Å². The topological polar surface area (TPSA) is 90.1 Å². The standard InChI is InChI=1S/C18H18N4O3/c1-12-4-3-11-19-17(12)20-15(23)9-10-16-21-18(22-25-16)13-5-7-14(24-2)8-6-13/h3-8,11H,9-10H2,1-2H3,(H,19,20,23). The Morgan fingerprint density at radius 2 is 2.04 bits per heavy atom. The van der Waals surface area contributed by atoms with E-state index in [0.29, 0.717) is 24.0 Å². The smallest absolute Gasteiger partial charge is 0.227 e. The molecule has 25 heavy (non-hydrogen) atoms. The number of benzene rings is 1. The number of carbonyl (C=O) groups excluding carboxylic acids is 1. The minimum Gasteiger partial charge on any atom is -0.497 e. The van der Waals surface area contributed by atoms with E-state index < -0.39 is 0 Å². The lowest BCUT2D eigenvalue weighted by molar-refractivity contribution is -0.116. The fraction of sp³-hybridized carbons (Fsp3) is 0.222. The lowest BCUT2D eigenvalue weighted by atomic mass is 10.2. The molecule has 0 aliphatic carbocycles. The second-order valence-corrected chi connectivity index (χ2v) is 5.46. The average molecular weight is 338 g/mol. The van der Waals surface area contributed by atoms with Crippen LogP contribution in [-0.2, 0) is 11.2 Å². The molecule has 0 saturated heterocycles. The number of nitrogens with one attached hydrogen (secondary N) is 1. The number of anilines is 1. The highest BCUT2D eigenvalue weighted by Gasteiger charge is 2.12. The van der Waals surface area contributed by atoms with Crippen LogP contribution in [0.4, 0.5) is 5.82 Å². The Morgan fingerprint density at radius 3 is 2.76 bits per heavy atom. The number of carbonyl (C=O) groups is 1. The van der Waals surface area contributed by atoms with E-state index in [1.807, 2.05) is 43.3 Å². The normalized spacial score (nSPS) is 10.5. The van der Waals surface area contributed by atoms with Crippen LogP contribution < -0.4 is 10.1 Å². The fourth-order valence-electron chi connectivity index (χ4n) is 2.25. The molecule has 0 fully saturated rings. The molecule has 0 saturated carbocycles. The first-order valence-corrected chi connectivity index (χ1v) is 7.84. The van der Waals surface area contributed by atoms with Gasteiger partial charge in [0, 0.05) is 24.6 Å². The largest absolute Gasteiger partial charge is 0.497 e. The summed E-state index contributed by atoms with van der Waals surface area (Å²) in [6, 6.07) is 11.1. The van der Waals surface area contributed by atoms with Crippen molar-refractivity contribution in [2.24, 2.45) is 0 Å². The van der Waals surface area contributed by atoms with Crippen molar-refractivity contribution in [1.82, 2.24) is 15.1 Å². The Balaban J connectivity index is 1.58. The lowest BCUT2D eigenvalue weighted by Crippen LogP contribution is -2.14. The molecule has 7 nitrogen and oxygen atoms in total. The number of pyridine rings is 1. The number of nitrogens with zero attached hydrogens (tertiary/aromatic N) is 3. The Hall–Kier alpha value is -3.22. The highest BCUT2D eigenvalue weighted by Crippen LogP contribution is 2.20. The maximum atomic E-state index is 12.0. The van der Waals surface area contributed by atoms with Gasteiger partial charge in [-0.3, -0.25) is 4.79 Å². The molecule has 3 aromatic rings. The Kier molecular flexibility index (Phi) is 5.03. The van der Waals surface area contributed by atoms with Gasteiger partial charge in [-0.15, -0.1) is 0 Å². The Bertz CT molecular complexity index is 859. The molecular formula is C18H18N4O3. The summed E-state index contributed by atoms with van der Waals surface area (Å²) in [5.74, 6) is 2.08. The van der Waals surface area contributed by atoms with Crippen molar-refractivity contribution in [3.8, 4) is 17.1 Å². The van der Waals surface area contributed by atoms with E-state index in [4.69, 9.17) is 9.26 Å². The number of rotatable bonds is 6. The van der Waals surface area contributed by atoms with Crippen molar-refractivity contribution in [2.45, 2.75) is 19.8 Å². The molecule has 1 amide bonds. The highest BCUT2D eigenvalue weighted by atomic mass is 16.5. The molecule has 128 valence electrons. The summed E-state index contributed by atoms with van der Waals surface area (Å²) in [5, 5.41) is 6.72. The molecule has 2 heterocycles. The van der Waals surface area contributed by atoms with Gasteiger partial charge in [0.15, 0.2) is 0 Å². The van der Waals surface area contributed by atoms with Gasteiger partial charge in [-0.25, -0.2) is 4.98 Å². The van der Waals surface area contributed by atoms with Crippen LogP contribution in [0.3, 0.4) is 0 Å². The van der Waals surface area contributed by atoms with Gasteiger partial charge in [0.2, 0.25) is 17.6 Å². The summed E-state index contributed by atoms with van der Waals surface area (Å²) in [6.45, 7) is 1.89. The first kappa shape index (κ1) is 16.6. The van der Waals surface area contributed by atoms with Gasteiger partial charge >= 0.3 is 0 Å². The van der Waals surface area contributed by atoms with Crippen molar-refractivity contribution >= 4 is 11.7 Å². The van der Waals surface area contributed by atoms with Crippen LogP contribution in [0.5, 0.6) is 5.75 Å². The average Bonchev–Trinajstić information content (AvgIpc) is 3.11. The van der Waals surface area contributed by atoms with Gasteiger partial charge in [-0.2, -0.15) is 4.98 Å². The lowest BCUT2D eigenvalue weighted by Gasteiger charge is -2.05. The van der Waals surface area contributed by atoms with E-state index in [1.165, 1.54) is 0 Å². The van der Waals surface area contributed by atoms with E-state index in [2.05, 4.69) is 20.4 Å². The molecule has 0 unspecified atom stereocenters. The maximum Gasteiger partial charge on any atom is 0.227 e. The van der Waals surface area contributed by atoms with Crippen LogP contribution in [0, 0.1) is 6.92 Å². The van der Waals surface area contributed by atoms with Crippen LogP contribution >= 0.6 is 0 Å². The zero-order valence-electron chi connectivity index (χ0n) is 14.0. The molecule has 2 aromatic heterocycles. The first-order valence-electron chi connectivity index (χ1n) is 7.84. The van der Waals surface area contributed by atoms with Crippen molar-refractivity contribution in [3.05, 3.63) is 54.0 Å². The quantitative estimate of drug-likeness (QED) is 0.743. The number of aryl methyl sites for hydroxylation is 2. The SMILES string of the molecule is COc1ccc(-c2noc(CCC(=O)Nc3ncccc3C)n2)cc1. The number of hydrogen-bond acceptors (Lipinski definition) is 6. The molecule has 3 rings (SSSR count). The summed E-state index contributed by atoms with van der Waals surface area (Å²) in [4.78, 5) is 20.5. The van der Waals surface area contributed by atoms with E-state index in [0.717, 1.165) is 16.9 Å². The zero-order chi connectivity index (χ0) is 17.6. The van der Waals surface area contributed by atoms with Gasteiger partial charge in [0.25, 0.3) is 0 Å². The summed E-state index contributed by atoms with van der Waals surface area (Å²) in [7, 11) is 1.61. The highest BCUT2D eigenvalue weighted by molar-refractivity contribution is 5.90. The summed E-state index contributed by atoms with van der Waals surface area (Å²) >= 11 is 0. The van der Waals surface area contributed by atoms with E-state index >= 15 is 0 Å². The number of methoxy groups -OCH3 is 1. The van der Waals surface area contributed by atoms with Crippen molar-refractivity contribution in [3.63, 3.8) is 0 Å². The Morgan fingerprint density at radius 1 is 1.24 bits per heavy atom. The third-order valence-electron chi connectivity index (χ3n) is 3.65. The first-order chi connectivity index (χ1) is 12.2. The molecule has 0 atom stereocenters. The molecule has 0 bridgehead atoms. The molecule has 0 spiro atoms. The predicted octanol–water partition coefficient (Wildman–Crippen LogP) is 3.02. The minimum absolute atomic E-state index is 0.147. The minimum atomic E-state index is -0.147. The van der Waals surface area contributed by atoms with Gasteiger partial charge < -0.3 is 14.6 Å². The second kappa shape index (κ2) is 7.57. The predicted molar refractivity (Wildman–Crippen MR) is 92.2 cm³/mol. The van der Waals surface area contributed by atoms with E-state index in [-0.39, 0.29) is 12.3 Å². The van der Waals surface area contributed by atoms with Crippen LogP contribution in [0.1, 0.15) is 17.9 Å². The molecule has 0 radical (unpaired) electrons. The molecule has 1 N–H and O–H groups in total. The summed E-state index contributed by atoms with van der Waals surface area (Å²) in [5.41, 5.74) is 1.74. The van der Waals surface area contributed by atoms with Gasteiger partial charge in [-0.05, 0) is 42.8 Å². The van der Waals surface area contributed by atoms with Crippen LogP contribution in [-0.4, -0.2) is 28.1 Å². The number of aromatic nitrogens is 3. The van der Waals surface area contributed by atoms with Crippen molar-refractivity contribution in [1.29, 1.82) is 0 Å². The molecule has 0 aliphatic rings. The number of hydrogen-bond donors (Lipinski definition) is 1. The van der Waals surface area contributed by atoms with E-state index in [9.17, 15) is 4.79 Å². The third kappa shape index (κ3) is 4.20. The zero-order valence-corrected chi connectivity index (χ0v) is 14.0. The second-order valence-electron chi connectivity index (χ2n) is 5.46. The summed E-state index contributed by atoms with van der Waals surface area (Å²) < 4.78 is 10.3. The molecule has 1 aromatic carbocycles. The van der Waals surface area contributed by atoms with Crippen molar-refractivity contribution < 1.29 is 14.1 Å².